The van der Waals surface area contributed by atoms with Gasteiger partial charge in [0.15, 0.2) is 0 Å². The normalized spacial score (nSPS) is 14.9. The molecule has 0 heterocycles. The van der Waals surface area contributed by atoms with Crippen LogP contribution in [0.15, 0.2) is 24.3 Å². The van der Waals surface area contributed by atoms with E-state index in [9.17, 15) is 4.39 Å². The van der Waals surface area contributed by atoms with Gasteiger partial charge in [-0.25, -0.2) is 4.39 Å². The molecule has 1 atom stereocenters. The molecule has 15 heavy (non-hydrogen) atoms. The van der Waals surface area contributed by atoms with Gasteiger partial charge in [0, 0.05) is 0 Å². The molecule has 1 unspecified atom stereocenters. The summed E-state index contributed by atoms with van der Waals surface area (Å²) in [6.45, 7) is 1.02. The number of aryl methyl sites for hydroxylation is 2. The summed E-state index contributed by atoms with van der Waals surface area (Å²) in [5.41, 5.74) is 6.89. The molecule has 0 spiro atoms. The van der Waals surface area contributed by atoms with E-state index >= 15 is 0 Å². The van der Waals surface area contributed by atoms with Crippen LogP contribution in [-0.2, 0) is 6.42 Å². The van der Waals surface area contributed by atoms with Gasteiger partial charge in [0.1, 0.15) is 6.67 Å². The van der Waals surface area contributed by atoms with E-state index in [-0.39, 0.29) is 6.61 Å². The lowest BCUT2D eigenvalue weighted by atomic mass is 9.94. The van der Waals surface area contributed by atoms with Crippen molar-refractivity contribution in [1.29, 1.82) is 0 Å². The van der Waals surface area contributed by atoms with Gasteiger partial charge in [-0.3, -0.25) is 0 Å². The van der Waals surface area contributed by atoms with Crippen molar-refractivity contribution in [3.8, 4) is 0 Å². The maximum Gasteiger partial charge on any atom is 0.110 e. The molecule has 1 aromatic rings. The second-order valence-corrected chi connectivity index (χ2v) is 4.14. The Kier molecular flexibility index (Phi) is 4.24. The predicted octanol–water partition coefficient (Wildman–Crippen LogP) is 1.59. The Bertz CT molecular complexity index is 293. The topological polar surface area (TPSA) is 46.2 Å². The fourth-order valence-electron chi connectivity index (χ4n) is 1.34. The Labute approximate surface area is 89.9 Å². The van der Waals surface area contributed by atoms with Crippen molar-refractivity contribution in [3.63, 3.8) is 0 Å². The SMILES string of the molecule is Cc1ccc(CCC(N)(CO)CF)cc1. The number of hydrogen-bond acceptors (Lipinski definition) is 2. The van der Waals surface area contributed by atoms with Crippen molar-refractivity contribution in [3.05, 3.63) is 35.4 Å². The molecular formula is C12H18FNO. The van der Waals surface area contributed by atoms with Crippen molar-refractivity contribution >= 4 is 0 Å². The molecular weight excluding hydrogens is 193 g/mol. The van der Waals surface area contributed by atoms with Crippen molar-refractivity contribution in [2.75, 3.05) is 13.3 Å². The van der Waals surface area contributed by atoms with Crippen LogP contribution in [0.1, 0.15) is 17.5 Å². The number of hydrogen-bond donors (Lipinski definition) is 2. The third kappa shape index (κ3) is 3.61. The highest BCUT2D eigenvalue weighted by molar-refractivity contribution is 5.21. The fraction of sp³-hybridized carbons (Fsp3) is 0.500. The summed E-state index contributed by atoms with van der Waals surface area (Å²) in [4.78, 5) is 0. The summed E-state index contributed by atoms with van der Waals surface area (Å²) in [5, 5.41) is 8.94. The molecule has 0 aromatic heterocycles. The molecule has 0 aliphatic heterocycles. The number of aliphatic hydroxyl groups excluding tert-OH is 1. The number of halogens is 1. The molecule has 1 aromatic carbocycles. The maximum atomic E-state index is 12.5. The number of nitrogens with two attached hydrogens (primary N) is 1. The third-order valence-electron chi connectivity index (χ3n) is 2.61. The van der Waals surface area contributed by atoms with E-state index < -0.39 is 12.2 Å². The Morgan fingerprint density at radius 2 is 1.93 bits per heavy atom. The van der Waals surface area contributed by atoms with Gasteiger partial charge in [0.05, 0.1) is 12.1 Å². The van der Waals surface area contributed by atoms with E-state index in [1.54, 1.807) is 0 Å². The summed E-state index contributed by atoms with van der Waals surface area (Å²) in [7, 11) is 0. The van der Waals surface area contributed by atoms with Crippen molar-refractivity contribution in [1.82, 2.24) is 0 Å². The van der Waals surface area contributed by atoms with Gasteiger partial charge in [-0.15, -0.1) is 0 Å². The zero-order chi connectivity index (χ0) is 11.3. The van der Waals surface area contributed by atoms with E-state index in [0.717, 1.165) is 5.56 Å². The van der Waals surface area contributed by atoms with Gasteiger partial charge in [-0.2, -0.15) is 0 Å². The maximum absolute atomic E-state index is 12.5. The summed E-state index contributed by atoms with van der Waals surface area (Å²) in [5.74, 6) is 0. The summed E-state index contributed by atoms with van der Waals surface area (Å²) in [6, 6.07) is 8.04. The third-order valence-corrected chi connectivity index (χ3v) is 2.61. The van der Waals surface area contributed by atoms with E-state index in [4.69, 9.17) is 10.8 Å². The Morgan fingerprint density at radius 1 is 1.33 bits per heavy atom. The first kappa shape index (κ1) is 12.1. The Morgan fingerprint density at radius 3 is 2.40 bits per heavy atom. The van der Waals surface area contributed by atoms with E-state index in [2.05, 4.69) is 0 Å². The van der Waals surface area contributed by atoms with Crippen LogP contribution in [0.3, 0.4) is 0 Å². The molecule has 3 N–H and O–H groups in total. The predicted molar refractivity (Wildman–Crippen MR) is 59.5 cm³/mol. The van der Waals surface area contributed by atoms with E-state index in [1.807, 2.05) is 31.2 Å². The number of rotatable bonds is 5. The van der Waals surface area contributed by atoms with Gasteiger partial charge in [-0.05, 0) is 25.3 Å². The average molecular weight is 211 g/mol. The Hall–Kier alpha value is -0.930. The molecule has 0 bridgehead atoms. The van der Waals surface area contributed by atoms with Crippen LogP contribution in [0, 0.1) is 6.92 Å². The molecule has 0 saturated carbocycles. The van der Waals surface area contributed by atoms with Crippen molar-refractivity contribution < 1.29 is 9.50 Å². The minimum atomic E-state index is -1.08. The quantitative estimate of drug-likeness (QED) is 0.777. The lowest BCUT2D eigenvalue weighted by Gasteiger charge is -2.23. The van der Waals surface area contributed by atoms with Gasteiger partial charge in [0.25, 0.3) is 0 Å². The van der Waals surface area contributed by atoms with Gasteiger partial charge in [-0.1, -0.05) is 29.8 Å². The lowest BCUT2D eigenvalue weighted by molar-refractivity contribution is 0.157. The zero-order valence-corrected chi connectivity index (χ0v) is 9.04. The molecule has 0 saturated heterocycles. The monoisotopic (exact) mass is 211 g/mol. The summed E-state index contributed by atoms with van der Waals surface area (Å²) < 4.78 is 12.5. The van der Waals surface area contributed by atoms with Gasteiger partial charge < -0.3 is 10.8 Å². The summed E-state index contributed by atoms with van der Waals surface area (Å²) in [6.07, 6.45) is 1.16. The number of benzene rings is 1. The Balaban J connectivity index is 2.53. The largest absolute Gasteiger partial charge is 0.394 e. The van der Waals surface area contributed by atoms with Crippen LogP contribution >= 0.6 is 0 Å². The lowest BCUT2D eigenvalue weighted by Crippen LogP contribution is -2.46. The number of aliphatic hydroxyl groups is 1. The molecule has 84 valence electrons. The number of alkyl halides is 1. The smallest absolute Gasteiger partial charge is 0.110 e. The molecule has 0 fully saturated rings. The minimum absolute atomic E-state index is 0.310. The molecule has 0 aliphatic carbocycles. The highest BCUT2D eigenvalue weighted by Crippen LogP contribution is 2.13. The van der Waals surface area contributed by atoms with Crippen LogP contribution < -0.4 is 5.73 Å². The standard InChI is InChI=1S/C12H18FNO/c1-10-2-4-11(5-3-10)6-7-12(14,8-13)9-15/h2-5,15H,6-9,14H2,1H3. The fourth-order valence-corrected chi connectivity index (χ4v) is 1.34. The second-order valence-electron chi connectivity index (χ2n) is 4.14. The molecule has 3 heteroatoms. The van der Waals surface area contributed by atoms with Crippen molar-refractivity contribution in [2.45, 2.75) is 25.3 Å². The molecule has 0 radical (unpaired) electrons. The van der Waals surface area contributed by atoms with Crippen LogP contribution in [0.5, 0.6) is 0 Å². The van der Waals surface area contributed by atoms with Crippen LogP contribution in [0.25, 0.3) is 0 Å². The summed E-state index contributed by atoms with van der Waals surface area (Å²) >= 11 is 0. The van der Waals surface area contributed by atoms with Gasteiger partial charge in [0.2, 0.25) is 0 Å². The molecule has 1 rings (SSSR count). The van der Waals surface area contributed by atoms with Crippen LogP contribution in [-0.4, -0.2) is 23.9 Å². The highest BCUT2D eigenvalue weighted by atomic mass is 19.1. The van der Waals surface area contributed by atoms with Crippen LogP contribution in [0.4, 0.5) is 4.39 Å². The zero-order valence-electron chi connectivity index (χ0n) is 9.04. The van der Waals surface area contributed by atoms with Crippen LogP contribution in [0.2, 0.25) is 0 Å². The first-order valence-corrected chi connectivity index (χ1v) is 5.11. The van der Waals surface area contributed by atoms with Crippen molar-refractivity contribution in [2.24, 2.45) is 5.73 Å². The minimum Gasteiger partial charge on any atom is -0.394 e. The average Bonchev–Trinajstić information content (AvgIpc) is 2.28. The molecule has 0 amide bonds. The second kappa shape index (κ2) is 5.24. The first-order chi connectivity index (χ1) is 7.09. The first-order valence-electron chi connectivity index (χ1n) is 5.11. The van der Waals surface area contributed by atoms with E-state index in [0.29, 0.717) is 12.8 Å². The van der Waals surface area contributed by atoms with Gasteiger partial charge >= 0.3 is 0 Å². The van der Waals surface area contributed by atoms with E-state index in [1.165, 1.54) is 5.56 Å². The molecule has 0 aliphatic rings. The highest BCUT2D eigenvalue weighted by Gasteiger charge is 2.23. The molecule has 2 nitrogen and oxygen atoms in total.